The van der Waals surface area contributed by atoms with Gasteiger partial charge in [-0.05, 0) is 54.8 Å². The van der Waals surface area contributed by atoms with Crippen LogP contribution in [0.5, 0.6) is 5.75 Å². The summed E-state index contributed by atoms with van der Waals surface area (Å²) in [5, 5.41) is 5.71. The molecule has 0 N–H and O–H groups in total. The summed E-state index contributed by atoms with van der Waals surface area (Å²) in [6.07, 6.45) is 0. The van der Waals surface area contributed by atoms with Gasteiger partial charge in [0.2, 0.25) is 5.82 Å². The van der Waals surface area contributed by atoms with E-state index >= 15 is 0 Å². The molecule has 0 spiro atoms. The van der Waals surface area contributed by atoms with Crippen molar-refractivity contribution in [2.75, 3.05) is 18.0 Å². The summed E-state index contributed by atoms with van der Waals surface area (Å²) >= 11 is 1.24. The summed E-state index contributed by atoms with van der Waals surface area (Å²) in [4.78, 5) is 4.94. The van der Waals surface area contributed by atoms with E-state index in [1.54, 1.807) is 35.7 Å². The molecule has 0 saturated carbocycles. The van der Waals surface area contributed by atoms with Gasteiger partial charge < -0.3 is 9.26 Å². The van der Waals surface area contributed by atoms with Crippen LogP contribution in [0.3, 0.4) is 0 Å². The van der Waals surface area contributed by atoms with Crippen LogP contribution in [0, 0.1) is 0 Å². The highest BCUT2D eigenvalue weighted by Crippen LogP contribution is 2.35. The first kappa shape index (κ1) is 20.1. The molecular weight excluding hydrogens is 422 g/mol. The minimum Gasteiger partial charge on any atom is -0.494 e. The van der Waals surface area contributed by atoms with Gasteiger partial charge in [-0.1, -0.05) is 23.4 Å². The molecule has 0 amide bonds. The van der Waals surface area contributed by atoms with Crippen LogP contribution in [0.4, 0.5) is 5.69 Å². The first-order valence-electron chi connectivity index (χ1n) is 9.19. The van der Waals surface area contributed by atoms with Gasteiger partial charge in [0.05, 0.1) is 12.3 Å². The average molecular weight is 442 g/mol. The number of ether oxygens (including phenoxy) is 1. The third-order valence-electron chi connectivity index (χ3n) is 4.43. The van der Waals surface area contributed by atoms with Crippen molar-refractivity contribution in [3.05, 3.63) is 66.0 Å². The second kappa shape index (κ2) is 8.29. The van der Waals surface area contributed by atoms with Gasteiger partial charge in [0.25, 0.3) is 15.9 Å². The van der Waals surface area contributed by atoms with E-state index in [4.69, 9.17) is 9.26 Å². The second-order valence-electron chi connectivity index (χ2n) is 6.30. The Morgan fingerprint density at radius 3 is 2.50 bits per heavy atom. The topological polar surface area (TPSA) is 85.5 Å². The number of thiophene rings is 1. The summed E-state index contributed by atoms with van der Waals surface area (Å²) in [5.74, 6) is 1.29. The summed E-state index contributed by atoms with van der Waals surface area (Å²) in [7, 11) is -2.28. The molecule has 4 aromatic rings. The van der Waals surface area contributed by atoms with Gasteiger partial charge in [0, 0.05) is 12.6 Å². The maximum absolute atomic E-state index is 13.2. The van der Waals surface area contributed by atoms with E-state index in [2.05, 4.69) is 10.1 Å². The van der Waals surface area contributed by atoms with Gasteiger partial charge in [-0.15, -0.1) is 11.3 Å². The van der Waals surface area contributed by atoms with Gasteiger partial charge in [-0.2, -0.15) is 4.98 Å². The van der Waals surface area contributed by atoms with Crippen LogP contribution in [0.15, 0.2) is 75.5 Å². The molecule has 0 fully saturated rings. The standard InChI is InChI=1S/C21H19N3O4S2/c1-3-27-17-11-9-15(10-12-17)20-22-21(28-23-20)19-18(13-14-29-19)30(25,26)24(2)16-7-5-4-6-8-16/h4-14H,3H2,1-2H3. The van der Waals surface area contributed by atoms with Gasteiger partial charge in [-0.3, -0.25) is 4.31 Å². The number of para-hydroxylation sites is 1. The average Bonchev–Trinajstić information content (AvgIpc) is 3.44. The molecule has 0 unspecified atom stereocenters. The number of nitrogens with zero attached hydrogens (tertiary/aromatic N) is 3. The highest BCUT2D eigenvalue weighted by Gasteiger charge is 2.28. The minimum absolute atomic E-state index is 0.126. The van der Waals surface area contributed by atoms with Crippen LogP contribution >= 0.6 is 11.3 Å². The van der Waals surface area contributed by atoms with Crippen molar-refractivity contribution in [1.82, 2.24) is 10.1 Å². The number of rotatable bonds is 7. The van der Waals surface area contributed by atoms with Gasteiger partial charge in [0.15, 0.2) is 0 Å². The Hall–Kier alpha value is -3.17. The molecule has 2 aromatic carbocycles. The molecule has 0 saturated heterocycles. The molecule has 0 aliphatic heterocycles. The molecular formula is C21H19N3O4S2. The molecule has 4 rings (SSSR count). The Kier molecular flexibility index (Phi) is 5.56. The van der Waals surface area contributed by atoms with Gasteiger partial charge in [0.1, 0.15) is 15.5 Å². The molecule has 0 atom stereocenters. The zero-order valence-corrected chi connectivity index (χ0v) is 18.0. The lowest BCUT2D eigenvalue weighted by atomic mass is 10.2. The largest absolute Gasteiger partial charge is 0.494 e. The van der Waals surface area contributed by atoms with Crippen molar-refractivity contribution in [1.29, 1.82) is 0 Å². The Morgan fingerprint density at radius 2 is 1.80 bits per heavy atom. The number of aromatic nitrogens is 2. The van der Waals surface area contributed by atoms with Crippen LogP contribution in [-0.2, 0) is 10.0 Å². The van der Waals surface area contributed by atoms with Gasteiger partial charge >= 0.3 is 0 Å². The van der Waals surface area contributed by atoms with E-state index in [0.29, 0.717) is 23.0 Å². The molecule has 7 nitrogen and oxygen atoms in total. The molecule has 2 aromatic heterocycles. The van der Waals surface area contributed by atoms with Crippen LogP contribution in [-0.4, -0.2) is 32.2 Å². The first-order valence-corrected chi connectivity index (χ1v) is 11.5. The monoisotopic (exact) mass is 441 g/mol. The molecule has 9 heteroatoms. The quantitative estimate of drug-likeness (QED) is 0.414. The second-order valence-corrected chi connectivity index (χ2v) is 9.16. The maximum Gasteiger partial charge on any atom is 0.269 e. The first-order chi connectivity index (χ1) is 14.5. The van der Waals surface area contributed by atoms with Crippen LogP contribution in [0.1, 0.15) is 6.92 Å². The molecule has 154 valence electrons. The normalized spacial score (nSPS) is 11.4. The van der Waals surface area contributed by atoms with E-state index in [0.717, 1.165) is 11.3 Å². The third kappa shape index (κ3) is 3.81. The zero-order chi connectivity index (χ0) is 21.1. The number of hydrogen-bond acceptors (Lipinski definition) is 7. The fourth-order valence-electron chi connectivity index (χ4n) is 2.88. The molecule has 0 aliphatic carbocycles. The molecule has 0 aliphatic rings. The zero-order valence-electron chi connectivity index (χ0n) is 16.3. The lowest BCUT2D eigenvalue weighted by Gasteiger charge is -2.19. The lowest BCUT2D eigenvalue weighted by Crippen LogP contribution is -2.26. The molecule has 2 heterocycles. The van der Waals surface area contributed by atoms with Crippen LogP contribution < -0.4 is 9.04 Å². The van der Waals surface area contributed by atoms with Crippen molar-refractivity contribution in [2.45, 2.75) is 11.8 Å². The lowest BCUT2D eigenvalue weighted by molar-refractivity contribution is 0.340. The Balaban J connectivity index is 1.65. The fraction of sp³-hybridized carbons (Fsp3) is 0.143. The maximum atomic E-state index is 13.2. The van der Waals surface area contributed by atoms with E-state index in [1.807, 2.05) is 37.3 Å². The predicted molar refractivity (Wildman–Crippen MR) is 116 cm³/mol. The van der Waals surface area contributed by atoms with Crippen molar-refractivity contribution in [2.24, 2.45) is 0 Å². The molecule has 0 bridgehead atoms. The minimum atomic E-state index is -3.80. The van der Waals surface area contributed by atoms with E-state index in [-0.39, 0.29) is 10.8 Å². The van der Waals surface area contributed by atoms with Crippen molar-refractivity contribution < 1.29 is 17.7 Å². The Bertz CT molecular complexity index is 1230. The summed E-state index contributed by atoms with van der Waals surface area (Å²) < 4.78 is 38.5. The fourth-order valence-corrected chi connectivity index (χ4v) is 5.39. The number of anilines is 1. The van der Waals surface area contributed by atoms with Crippen molar-refractivity contribution in [3.8, 4) is 27.9 Å². The SMILES string of the molecule is CCOc1ccc(-c2noc(-c3sccc3S(=O)(=O)N(C)c3ccccc3)n2)cc1. The van der Waals surface area contributed by atoms with E-state index < -0.39 is 10.0 Å². The number of hydrogen-bond donors (Lipinski definition) is 0. The number of benzene rings is 2. The summed E-state index contributed by atoms with van der Waals surface area (Å²) in [5.41, 5.74) is 1.31. The van der Waals surface area contributed by atoms with E-state index in [1.165, 1.54) is 22.7 Å². The highest BCUT2D eigenvalue weighted by molar-refractivity contribution is 7.93. The Labute approximate surface area is 178 Å². The third-order valence-corrected chi connectivity index (χ3v) is 7.29. The predicted octanol–water partition coefficient (Wildman–Crippen LogP) is 4.69. The summed E-state index contributed by atoms with van der Waals surface area (Å²) in [6, 6.07) is 17.7. The van der Waals surface area contributed by atoms with E-state index in [9.17, 15) is 8.42 Å². The van der Waals surface area contributed by atoms with Crippen molar-refractivity contribution in [3.63, 3.8) is 0 Å². The smallest absolute Gasteiger partial charge is 0.269 e. The van der Waals surface area contributed by atoms with Crippen LogP contribution in [0.25, 0.3) is 22.2 Å². The van der Waals surface area contributed by atoms with Gasteiger partial charge in [-0.25, -0.2) is 8.42 Å². The Morgan fingerprint density at radius 1 is 1.07 bits per heavy atom. The van der Waals surface area contributed by atoms with Crippen LogP contribution in [0.2, 0.25) is 0 Å². The number of sulfonamides is 1. The molecule has 0 radical (unpaired) electrons. The molecule has 30 heavy (non-hydrogen) atoms. The highest BCUT2D eigenvalue weighted by atomic mass is 32.2. The van der Waals surface area contributed by atoms with Crippen molar-refractivity contribution >= 4 is 27.0 Å². The summed E-state index contributed by atoms with van der Waals surface area (Å²) in [6.45, 7) is 2.50.